The minimum Gasteiger partial charge on any atom is -0.368 e. The molecule has 2 unspecified atom stereocenters. The number of nitrogens with one attached hydrogen (secondary N) is 2. The number of nitrogens with two attached hydrogens (primary N) is 1. The van der Waals surface area contributed by atoms with E-state index < -0.39 is 11.9 Å². The van der Waals surface area contributed by atoms with Crippen molar-refractivity contribution in [3.05, 3.63) is 0 Å². The Hall–Kier alpha value is -1.63. The molecule has 0 bridgehead atoms. The van der Waals surface area contributed by atoms with E-state index in [1.807, 2.05) is 0 Å². The zero-order chi connectivity index (χ0) is 14.4. The summed E-state index contributed by atoms with van der Waals surface area (Å²) >= 11 is 0. The highest BCUT2D eigenvalue weighted by Crippen LogP contribution is 2.12. The molecule has 0 aromatic rings. The highest BCUT2D eigenvalue weighted by molar-refractivity contribution is 5.91. The molecular formula is C12H22N4O3. The van der Waals surface area contributed by atoms with Crippen LogP contribution in [-0.2, 0) is 14.4 Å². The normalized spacial score (nSPS) is 21.7. The number of carbonyl (C=O) groups excluding carboxylic acids is 3. The number of hydrogen-bond donors (Lipinski definition) is 3. The molecule has 108 valence electrons. The van der Waals surface area contributed by atoms with E-state index in [-0.39, 0.29) is 24.4 Å². The van der Waals surface area contributed by atoms with Gasteiger partial charge in [0.05, 0.1) is 12.6 Å². The number of carbonyl (C=O) groups is 3. The van der Waals surface area contributed by atoms with Gasteiger partial charge in [-0.15, -0.1) is 0 Å². The summed E-state index contributed by atoms with van der Waals surface area (Å²) in [5.74, 6) is -0.987. The van der Waals surface area contributed by atoms with Gasteiger partial charge in [-0.3, -0.25) is 14.4 Å². The first-order valence-electron chi connectivity index (χ1n) is 6.50. The molecule has 1 aliphatic heterocycles. The Balaban J connectivity index is 2.67. The van der Waals surface area contributed by atoms with Gasteiger partial charge in [-0.2, -0.15) is 0 Å². The van der Waals surface area contributed by atoms with Gasteiger partial charge < -0.3 is 21.3 Å². The summed E-state index contributed by atoms with van der Waals surface area (Å²) in [6.45, 7) is 2.14. The lowest BCUT2D eigenvalue weighted by Crippen LogP contribution is -2.52. The molecule has 7 heteroatoms. The first kappa shape index (κ1) is 15.4. The molecule has 1 aliphatic rings. The third-order valence-electron chi connectivity index (χ3n) is 3.27. The van der Waals surface area contributed by atoms with Crippen molar-refractivity contribution in [3.63, 3.8) is 0 Å². The van der Waals surface area contributed by atoms with Crippen LogP contribution in [0.15, 0.2) is 0 Å². The van der Waals surface area contributed by atoms with Crippen LogP contribution in [-0.4, -0.2) is 54.8 Å². The van der Waals surface area contributed by atoms with E-state index in [0.29, 0.717) is 13.0 Å². The maximum atomic E-state index is 12.2. The van der Waals surface area contributed by atoms with Gasteiger partial charge >= 0.3 is 0 Å². The highest BCUT2D eigenvalue weighted by atomic mass is 16.2. The van der Waals surface area contributed by atoms with E-state index in [9.17, 15) is 14.4 Å². The van der Waals surface area contributed by atoms with Crippen molar-refractivity contribution in [1.29, 1.82) is 0 Å². The maximum Gasteiger partial charge on any atom is 0.245 e. The number of likely N-dealkylation sites (N-methyl/N-ethyl adjacent to an activating group) is 1. The summed E-state index contributed by atoms with van der Waals surface area (Å²) in [5.41, 5.74) is 5.12. The lowest BCUT2D eigenvalue weighted by Gasteiger charge is -2.24. The molecule has 2 atom stereocenters. The maximum absolute atomic E-state index is 12.2. The summed E-state index contributed by atoms with van der Waals surface area (Å²) in [5, 5.41) is 5.53. The van der Waals surface area contributed by atoms with E-state index >= 15 is 0 Å². The Morgan fingerprint density at radius 3 is 2.74 bits per heavy atom. The quantitative estimate of drug-likeness (QED) is 0.570. The van der Waals surface area contributed by atoms with Crippen molar-refractivity contribution in [2.24, 2.45) is 5.73 Å². The molecule has 0 aromatic heterocycles. The number of nitrogens with zero attached hydrogens (tertiary/aromatic N) is 1. The molecule has 0 spiro atoms. The highest BCUT2D eigenvalue weighted by Gasteiger charge is 2.29. The van der Waals surface area contributed by atoms with E-state index in [1.165, 1.54) is 4.90 Å². The van der Waals surface area contributed by atoms with Crippen LogP contribution in [0.1, 0.15) is 26.2 Å². The van der Waals surface area contributed by atoms with Crippen LogP contribution in [0, 0.1) is 0 Å². The van der Waals surface area contributed by atoms with Crippen LogP contribution < -0.4 is 16.4 Å². The van der Waals surface area contributed by atoms with Crippen LogP contribution in [0.2, 0.25) is 0 Å². The minimum absolute atomic E-state index is 0.0905. The van der Waals surface area contributed by atoms with E-state index in [2.05, 4.69) is 10.6 Å². The number of primary amides is 1. The summed E-state index contributed by atoms with van der Waals surface area (Å²) in [7, 11) is 1.68. The predicted molar refractivity (Wildman–Crippen MR) is 70.1 cm³/mol. The van der Waals surface area contributed by atoms with Gasteiger partial charge in [-0.25, -0.2) is 0 Å². The van der Waals surface area contributed by atoms with Crippen molar-refractivity contribution in [2.75, 3.05) is 20.1 Å². The first-order chi connectivity index (χ1) is 8.95. The summed E-state index contributed by atoms with van der Waals surface area (Å²) < 4.78 is 0. The molecule has 1 heterocycles. The van der Waals surface area contributed by atoms with Crippen LogP contribution in [0.3, 0.4) is 0 Å². The fourth-order valence-electron chi connectivity index (χ4n) is 2.01. The zero-order valence-corrected chi connectivity index (χ0v) is 11.4. The number of rotatable bonds is 5. The lowest BCUT2D eigenvalue weighted by molar-refractivity contribution is -0.138. The Kier molecular flexibility index (Phi) is 5.75. The van der Waals surface area contributed by atoms with Crippen molar-refractivity contribution in [2.45, 2.75) is 38.3 Å². The van der Waals surface area contributed by atoms with Gasteiger partial charge in [-0.1, -0.05) is 0 Å². The number of amides is 3. The Labute approximate surface area is 112 Å². The van der Waals surface area contributed by atoms with Gasteiger partial charge in [0.1, 0.15) is 6.04 Å². The van der Waals surface area contributed by atoms with Crippen LogP contribution in [0.4, 0.5) is 0 Å². The largest absolute Gasteiger partial charge is 0.368 e. The van der Waals surface area contributed by atoms with Crippen molar-refractivity contribution in [1.82, 2.24) is 15.5 Å². The molecule has 4 N–H and O–H groups in total. The minimum atomic E-state index is -0.565. The van der Waals surface area contributed by atoms with Crippen molar-refractivity contribution in [3.8, 4) is 0 Å². The second-order valence-electron chi connectivity index (χ2n) is 4.79. The molecule has 7 nitrogen and oxygen atoms in total. The second-order valence-corrected chi connectivity index (χ2v) is 4.79. The van der Waals surface area contributed by atoms with E-state index in [4.69, 9.17) is 5.73 Å². The third-order valence-corrected chi connectivity index (χ3v) is 3.27. The standard InChI is InChI=1S/C12H22N4O3/c1-8(14-2)11(18)15-9-5-3-4-6-16(12(9)19)7-10(13)17/h8-9,14H,3-7H2,1-2H3,(H2,13,17)(H,15,18). The van der Waals surface area contributed by atoms with Gasteiger partial charge in [-0.05, 0) is 33.2 Å². The Morgan fingerprint density at radius 1 is 1.47 bits per heavy atom. The fraction of sp³-hybridized carbons (Fsp3) is 0.750. The van der Waals surface area contributed by atoms with Crippen LogP contribution >= 0.6 is 0 Å². The molecule has 1 fully saturated rings. The molecule has 1 rings (SSSR count). The SMILES string of the molecule is CNC(C)C(=O)NC1CCCCN(CC(N)=O)C1=O. The Morgan fingerprint density at radius 2 is 2.16 bits per heavy atom. The zero-order valence-electron chi connectivity index (χ0n) is 11.4. The van der Waals surface area contributed by atoms with Gasteiger partial charge in [0.15, 0.2) is 0 Å². The van der Waals surface area contributed by atoms with Crippen molar-refractivity contribution >= 4 is 17.7 Å². The second kappa shape index (κ2) is 7.08. The monoisotopic (exact) mass is 270 g/mol. The van der Waals surface area contributed by atoms with Crippen molar-refractivity contribution < 1.29 is 14.4 Å². The first-order valence-corrected chi connectivity index (χ1v) is 6.50. The molecule has 1 saturated heterocycles. The fourth-order valence-corrected chi connectivity index (χ4v) is 2.01. The smallest absolute Gasteiger partial charge is 0.245 e. The lowest BCUT2D eigenvalue weighted by atomic mass is 10.1. The van der Waals surface area contributed by atoms with E-state index in [0.717, 1.165) is 12.8 Å². The molecule has 0 aliphatic carbocycles. The predicted octanol–water partition coefficient (Wildman–Crippen LogP) is -1.42. The number of likely N-dealkylation sites (tertiary alicyclic amines) is 1. The summed E-state index contributed by atoms with van der Waals surface area (Å²) in [6.07, 6.45) is 2.24. The van der Waals surface area contributed by atoms with Gasteiger partial charge in [0.25, 0.3) is 0 Å². The molecule has 0 radical (unpaired) electrons. The molecule has 0 aromatic carbocycles. The molecular weight excluding hydrogens is 248 g/mol. The average Bonchev–Trinajstić information content (AvgIpc) is 2.52. The molecule has 0 saturated carbocycles. The average molecular weight is 270 g/mol. The van der Waals surface area contributed by atoms with Crippen LogP contribution in [0.5, 0.6) is 0 Å². The van der Waals surface area contributed by atoms with Gasteiger partial charge in [0.2, 0.25) is 17.7 Å². The Bertz CT molecular complexity index is 359. The molecule has 19 heavy (non-hydrogen) atoms. The molecule has 3 amide bonds. The number of hydrogen-bond acceptors (Lipinski definition) is 4. The van der Waals surface area contributed by atoms with Crippen LogP contribution in [0.25, 0.3) is 0 Å². The van der Waals surface area contributed by atoms with Gasteiger partial charge in [0, 0.05) is 6.54 Å². The van der Waals surface area contributed by atoms with E-state index in [1.54, 1.807) is 14.0 Å². The third kappa shape index (κ3) is 4.51. The topological polar surface area (TPSA) is 105 Å². The summed E-state index contributed by atoms with van der Waals surface area (Å²) in [4.78, 5) is 36.4. The summed E-state index contributed by atoms with van der Waals surface area (Å²) in [6, 6.07) is -0.925.